The van der Waals surface area contributed by atoms with E-state index < -0.39 is 0 Å². The molecule has 0 spiro atoms. The Bertz CT molecular complexity index is 1360. The van der Waals surface area contributed by atoms with Crippen LogP contribution in [0.2, 0.25) is 0 Å². The molecule has 0 unspecified atom stereocenters. The second-order valence-electron chi connectivity index (χ2n) is 11.7. The zero-order chi connectivity index (χ0) is 26.7. The lowest BCUT2D eigenvalue weighted by Gasteiger charge is -2.42. The predicted molar refractivity (Wildman–Crippen MR) is 167 cm³/mol. The Hall–Kier alpha value is -3.64. The van der Waals surface area contributed by atoms with Crippen molar-refractivity contribution in [2.75, 3.05) is 0 Å². The van der Waals surface area contributed by atoms with Crippen molar-refractivity contribution in [1.82, 2.24) is 0 Å². The molecule has 0 saturated carbocycles. The first kappa shape index (κ1) is 25.6. The number of allylic oxidation sites excluding steroid dienone is 16. The summed E-state index contributed by atoms with van der Waals surface area (Å²) in [6, 6.07) is 22.5. The van der Waals surface area contributed by atoms with Gasteiger partial charge in [-0.3, -0.25) is 0 Å². The molecule has 0 atom stereocenters. The third-order valence-electron chi connectivity index (χ3n) is 9.22. The van der Waals surface area contributed by atoms with Crippen LogP contribution in [0.25, 0.3) is 0 Å². The quantitative estimate of drug-likeness (QED) is 0.364. The van der Waals surface area contributed by atoms with Gasteiger partial charge in [0.15, 0.2) is 0 Å². The zero-order valence-corrected chi connectivity index (χ0v) is 23.5. The van der Waals surface area contributed by atoms with Crippen LogP contribution in [0.15, 0.2) is 154 Å². The van der Waals surface area contributed by atoms with Gasteiger partial charge in [-0.2, -0.15) is 0 Å². The largest absolute Gasteiger partial charge is 0.0730 e. The fraction of sp³-hybridized carbons (Fsp3) is 0.282. The molecule has 2 aromatic rings. The molecule has 0 bridgehead atoms. The molecule has 0 nitrogen and oxygen atoms in total. The van der Waals surface area contributed by atoms with E-state index in [9.17, 15) is 0 Å². The molecule has 0 amide bonds. The third-order valence-corrected chi connectivity index (χ3v) is 9.22. The summed E-state index contributed by atoms with van der Waals surface area (Å²) >= 11 is 0. The molecule has 0 heteroatoms. The van der Waals surface area contributed by atoms with Gasteiger partial charge in [0.05, 0.1) is 5.41 Å². The van der Waals surface area contributed by atoms with Gasteiger partial charge >= 0.3 is 0 Å². The molecule has 0 heterocycles. The third kappa shape index (κ3) is 5.06. The van der Waals surface area contributed by atoms with Crippen LogP contribution in [0.5, 0.6) is 0 Å². The van der Waals surface area contributed by atoms with Gasteiger partial charge in [-0.25, -0.2) is 0 Å². The van der Waals surface area contributed by atoms with Crippen molar-refractivity contribution >= 4 is 0 Å². The summed E-state index contributed by atoms with van der Waals surface area (Å²) in [5.74, 6) is 0. The first-order chi connectivity index (χ1) is 19.1. The van der Waals surface area contributed by atoms with E-state index in [1.54, 1.807) is 0 Å². The Morgan fingerprint density at radius 1 is 0.385 bits per heavy atom. The van der Waals surface area contributed by atoms with E-state index in [0.29, 0.717) is 0 Å². The van der Waals surface area contributed by atoms with Crippen molar-refractivity contribution in [1.29, 1.82) is 0 Å². The molecule has 0 aromatic heterocycles. The van der Waals surface area contributed by atoms with Gasteiger partial charge in [-0.05, 0) is 98.6 Å². The van der Waals surface area contributed by atoms with Crippen LogP contribution in [0.4, 0.5) is 0 Å². The van der Waals surface area contributed by atoms with Crippen molar-refractivity contribution in [2.24, 2.45) is 0 Å². The van der Waals surface area contributed by atoms with Crippen LogP contribution in [0, 0.1) is 0 Å². The Morgan fingerprint density at radius 3 is 1.05 bits per heavy atom. The second-order valence-corrected chi connectivity index (χ2v) is 11.7. The maximum absolute atomic E-state index is 2.47. The van der Waals surface area contributed by atoms with Gasteiger partial charge in [-0.1, -0.05) is 132 Å². The standard InChI is InChI=1S/C39H40/c1-29-13-17-31(18-14-29)33-21-25-37(26-22-33)39(35-9-5-3-6-10-35,36-11-7-4-8-12-36)38-27-23-34(24-28-38)32-19-15-30(2)16-20-32/h3-13,15,17,19,21,23,25,27H,14,16,18,20,22,24,26,28H2,1-2H3. The summed E-state index contributed by atoms with van der Waals surface area (Å²) < 4.78 is 0. The normalized spacial score (nSPS) is 19.9. The average Bonchev–Trinajstić information content (AvgIpc) is 3.00. The Labute approximate surface area is 235 Å². The molecule has 4 aliphatic carbocycles. The van der Waals surface area contributed by atoms with Crippen LogP contribution in [0.3, 0.4) is 0 Å². The summed E-state index contributed by atoms with van der Waals surface area (Å²) in [7, 11) is 0. The fourth-order valence-corrected chi connectivity index (χ4v) is 6.94. The molecule has 6 rings (SSSR count). The van der Waals surface area contributed by atoms with Crippen LogP contribution < -0.4 is 0 Å². The average molecular weight is 509 g/mol. The molecule has 4 aliphatic rings. The van der Waals surface area contributed by atoms with Gasteiger partial charge in [-0.15, -0.1) is 0 Å². The molecular formula is C39H40. The maximum atomic E-state index is 2.47. The van der Waals surface area contributed by atoms with Crippen molar-refractivity contribution in [3.05, 3.63) is 165 Å². The van der Waals surface area contributed by atoms with Gasteiger partial charge in [0.25, 0.3) is 0 Å². The number of hydrogen-bond donors (Lipinski definition) is 0. The van der Waals surface area contributed by atoms with Gasteiger partial charge in [0, 0.05) is 0 Å². The Kier molecular flexibility index (Phi) is 7.38. The lowest BCUT2D eigenvalue weighted by Crippen LogP contribution is -2.34. The van der Waals surface area contributed by atoms with Gasteiger partial charge in [0.2, 0.25) is 0 Å². The minimum atomic E-state index is -0.249. The highest BCUT2D eigenvalue weighted by Gasteiger charge is 2.42. The lowest BCUT2D eigenvalue weighted by atomic mass is 9.60. The van der Waals surface area contributed by atoms with Crippen molar-refractivity contribution in [2.45, 2.75) is 70.6 Å². The van der Waals surface area contributed by atoms with E-state index >= 15 is 0 Å². The van der Waals surface area contributed by atoms with E-state index in [1.807, 2.05) is 0 Å². The molecule has 39 heavy (non-hydrogen) atoms. The second kappa shape index (κ2) is 11.2. The molecule has 0 fully saturated rings. The zero-order valence-electron chi connectivity index (χ0n) is 23.5. The number of hydrogen-bond acceptors (Lipinski definition) is 0. The SMILES string of the molecule is CC1=CC=C(C2=CC=C(C(C3=CC=C(C4=CC=C(C)CC4)CC3)(c3ccccc3)c3ccccc3)CC2)CC1. The molecule has 0 aliphatic heterocycles. The Balaban J connectivity index is 1.49. The predicted octanol–water partition coefficient (Wildman–Crippen LogP) is 10.6. The molecule has 0 saturated heterocycles. The van der Waals surface area contributed by atoms with Crippen LogP contribution >= 0.6 is 0 Å². The Morgan fingerprint density at radius 2 is 0.744 bits per heavy atom. The fourth-order valence-electron chi connectivity index (χ4n) is 6.94. The molecular weight excluding hydrogens is 468 g/mol. The summed E-state index contributed by atoms with van der Waals surface area (Å²) in [5.41, 5.74) is 14.6. The van der Waals surface area contributed by atoms with E-state index in [4.69, 9.17) is 0 Å². The van der Waals surface area contributed by atoms with Gasteiger partial charge in [0.1, 0.15) is 0 Å². The number of rotatable bonds is 6. The molecule has 196 valence electrons. The van der Waals surface area contributed by atoms with Crippen LogP contribution in [-0.4, -0.2) is 0 Å². The number of benzene rings is 2. The first-order valence-corrected chi connectivity index (χ1v) is 14.8. The minimum Gasteiger partial charge on any atom is -0.0730 e. The summed E-state index contributed by atoms with van der Waals surface area (Å²) in [5, 5.41) is 0. The van der Waals surface area contributed by atoms with Crippen molar-refractivity contribution < 1.29 is 0 Å². The first-order valence-electron chi connectivity index (χ1n) is 14.8. The van der Waals surface area contributed by atoms with Crippen LogP contribution in [-0.2, 0) is 5.41 Å². The molecule has 0 radical (unpaired) electrons. The lowest BCUT2D eigenvalue weighted by molar-refractivity contribution is 0.619. The van der Waals surface area contributed by atoms with E-state index in [1.165, 1.54) is 81.4 Å². The summed E-state index contributed by atoms with van der Waals surface area (Å²) in [4.78, 5) is 0. The highest BCUT2D eigenvalue weighted by atomic mass is 14.4. The monoisotopic (exact) mass is 508 g/mol. The van der Waals surface area contributed by atoms with Crippen molar-refractivity contribution in [3.8, 4) is 0 Å². The van der Waals surface area contributed by atoms with Crippen LogP contribution in [0.1, 0.15) is 76.3 Å². The maximum Gasteiger partial charge on any atom is 0.0627 e. The van der Waals surface area contributed by atoms with E-state index in [2.05, 4.69) is 123 Å². The van der Waals surface area contributed by atoms with Gasteiger partial charge < -0.3 is 0 Å². The summed E-state index contributed by atoms with van der Waals surface area (Å²) in [6.45, 7) is 4.49. The topological polar surface area (TPSA) is 0 Å². The highest BCUT2D eigenvalue weighted by molar-refractivity contribution is 5.61. The molecule has 2 aromatic carbocycles. The van der Waals surface area contributed by atoms with E-state index in [-0.39, 0.29) is 5.41 Å². The summed E-state index contributed by atoms with van der Waals surface area (Å²) in [6.07, 6.45) is 28.3. The minimum absolute atomic E-state index is 0.249. The highest BCUT2D eigenvalue weighted by Crippen LogP contribution is 2.51. The van der Waals surface area contributed by atoms with E-state index in [0.717, 1.165) is 25.7 Å². The molecule has 0 N–H and O–H groups in total. The smallest absolute Gasteiger partial charge is 0.0627 e. The van der Waals surface area contributed by atoms with Crippen molar-refractivity contribution in [3.63, 3.8) is 0 Å².